The molecule has 5 heteroatoms. The molecule has 96 valence electrons. The lowest BCUT2D eigenvalue weighted by molar-refractivity contribution is -0.220. The summed E-state index contributed by atoms with van der Waals surface area (Å²) in [5, 5.41) is 0. The molecule has 0 heterocycles. The number of ether oxygens (including phenoxy) is 1. The fourth-order valence-electron chi connectivity index (χ4n) is 1.30. The van der Waals surface area contributed by atoms with Gasteiger partial charge in [-0.05, 0) is 31.0 Å². The van der Waals surface area contributed by atoms with E-state index in [2.05, 4.69) is 4.74 Å². The molecule has 17 heavy (non-hydrogen) atoms. The topological polar surface area (TPSA) is 35.2 Å². The molecule has 0 saturated heterocycles. The van der Waals surface area contributed by atoms with Crippen molar-refractivity contribution >= 4 is 0 Å². The van der Waals surface area contributed by atoms with Crippen LogP contribution in [0.3, 0.4) is 0 Å². The fourth-order valence-corrected chi connectivity index (χ4v) is 1.30. The molecule has 1 aromatic rings. The average Bonchev–Trinajstić information content (AvgIpc) is 2.28. The van der Waals surface area contributed by atoms with Crippen LogP contribution < -0.4 is 10.5 Å². The van der Waals surface area contributed by atoms with E-state index in [9.17, 15) is 13.2 Å². The highest BCUT2D eigenvalue weighted by Crippen LogP contribution is 2.28. The summed E-state index contributed by atoms with van der Waals surface area (Å²) in [4.78, 5) is 0. The molecule has 0 amide bonds. The van der Waals surface area contributed by atoms with Gasteiger partial charge < -0.3 is 10.5 Å². The van der Waals surface area contributed by atoms with Crippen molar-refractivity contribution in [1.29, 1.82) is 0 Å². The summed E-state index contributed by atoms with van der Waals surface area (Å²) in [5.74, 6) is -0.0736. The highest BCUT2D eigenvalue weighted by molar-refractivity contribution is 5.29. The van der Waals surface area contributed by atoms with Crippen LogP contribution in [0.15, 0.2) is 24.3 Å². The Bertz CT molecular complexity index is 351. The maximum absolute atomic E-state index is 13.1. The van der Waals surface area contributed by atoms with E-state index >= 15 is 0 Å². The molecule has 1 aromatic carbocycles. The van der Waals surface area contributed by atoms with Gasteiger partial charge in [-0.3, -0.25) is 0 Å². The molecular weight excluding hydrogens is 231 g/mol. The zero-order chi connectivity index (χ0) is 13.1. The van der Waals surface area contributed by atoms with Gasteiger partial charge in [0.25, 0.3) is 0 Å². The van der Waals surface area contributed by atoms with Crippen molar-refractivity contribution in [2.45, 2.75) is 38.6 Å². The van der Waals surface area contributed by atoms with Crippen molar-refractivity contribution < 1.29 is 17.9 Å². The second-order valence-corrected chi connectivity index (χ2v) is 3.90. The Balaban J connectivity index is 2.75. The second kappa shape index (κ2) is 5.40. The maximum Gasteiger partial charge on any atom is 0.429 e. The standard InChI is InChI=1S/C12H16F3NO/c1-3-11(13)12(14,15)17-10-6-4-9(5-7-10)8(2)16/h4-8,11H,3,16H2,1-2H3/t8-,11?/m1/s1. The summed E-state index contributed by atoms with van der Waals surface area (Å²) < 4.78 is 43.5. The fraction of sp³-hybridized carbons (Fsp3) is 0.500. The molecule has 0 aliphatic rings. The number of benzene rings is 1. The molecule has 2 atom stereocenters. The molecule has 2 nitrogen and oxygen atoms in total. The van der Waals surface area contributed by atoms with E-state index in [1.807, 2.05) is 0 Å². The molecule has 0 aliphatic heterocycles. The van der Waals surface area contributed by atoms with Crippen molar-refractivity contribution in [3.05, 3.63) is 29.8 Å². The van der Waals surface area contributed by atoms with Crippen molar-refractivity contribution in [3.63, 3.8) is 0 Å². The van der Waals surface area contributed by atoms with Gasteiger partial charge in [0.15, 0.2) is 0 Å². The first-order chi connectivity index (χ1) is 7.86. The SMILES string of the molecule is CCC(F)C(F)(F)Oc1ccc([C@@H](C)N)cc1. The van der Waals surface area contributed by atoms with E-state index in [0.717, 1.165) is 5.56 Å². The third kappa shape index (κ3) is 3.63. The lowest BCUT2D eigenvalue weighted by Crippen LogP contribution is -2.35. The van der Waals surface area contributed by atoms with Crippen molar-refractivity contribution in [3.8, 4) is 5.75 Å². The number of rotatable bonds is 5. The molecule has 0 spiro atoms. The Morgan fingerprint density at radius 1 is 1.29 bits per heavy atom. The normalized spacial score (nSPS) is 15.4. The summed E-state index contributed by atoms with van der Waals surface area (Å²) in [5.41, 5.74) is 6.41. The first kappa shape index (κ1) is 13.8. The maximum atomic E-state index is 13.1. The van der Waals surface area contributed by atoms with E-state index in [4.69, 9.17) is 5.73 Å². The Kier molecular flexibility index (Phi) is 4.40. The summed E-state index contributed by atoms with van der Waals surface area (Å²) in [6.07, 6.45) is -6.41. The van der Waals surface area contributed by atoms with E-state index in [-0.39, 0.29) is 18.2 Å². The minimum atomic E-state index is -3.80. The summed E-state index contributed by atoms with van der Waals surface area (Å²) in [6, 6.07) is 5.68. The Hall–Kier alpha value is -1.23. The quantitative estimate of drug-likeness (QED) is 0.865. The van der Waals surface area contributed by atoms with Crippen LogP contribution in [0.2, 0.25) is 0 Å². The number of hydrogen-bond acceptors (Lipinski definition) is 2. The molecular formula is C12H16F3NO. The number of hydrogen-bond donors (Lipinski definition) is 1. The molecule has 0 aliphatic carbocycles. The van der Waals surface area contributed by atoms with Crippen molar-refractivity contribution in [2.75, 3.05) is 0 Å². The van der Waals surface area contributed by atoms with Gasteiger partial charge in [0.2, 0.25) is 6.17 Å². The summed E-state index contributed by atoms with van der Waals surface area (Å²) >= 11 is 0. The zero-order valence-corrected chi connectivity index (χ0v) is 9.79. The Labute approximate surface area is 98.6 Å². The summed E-state index contributed by atoms with van der Waals surface area (Å²) in [7, 11) is 0. The second-order valence-electron chi connectivity index (χ2n) is 3.90. The lowest BCUT2D eigenvalue weighted by atomic mass is 10.1. The van der Waals surface area contributed by atoms with Crippen LogP contribution in [-0.4, -0.2) is 12.3 Å². The molecule has 2 N–H and O–H groups in total. The highest BCUT2D eigenvalue weighted by atomic mass is 19.3. The van der Waals surface area contributed by atoms with Crippen molar-refractivity contribution in [2.24, 2.45) is 5.73 Å². The van der Waals surface area contributed by atoms with Gasteiger partial charge >= 0.3 is 6.11 Å². The van der Waals surface area contributed by atoms with E-state index in [1.54, 1.807) is 19.1 Å². The number of alkyl halides is 3. The molecule has 1 rings (SSSR count). The Morgan fingerprint density at radius 3 is 2.24 bits per heavy atom. The minimum Gasteiger partial charge on any atom is -0.430 e. The van der Waals surface area contributed by atoms with Crippen LogP contribution >= 0.6 is 0 Å². The molecule has 1 unspecified atom stereocenters. The smallest absolute Gasteiger partial charge is 0.429 e. The first-order valence-corrected chi connectivity index (χ1v) is 5.43. The van der Waals surface area contributed by atoms with Gasteiger partial charge in [-0.2, -0.15) is 8.78 Å². The van der Waals surface area contributed by atoms with Gasteiger partial charge in [-0.1, -0.05) is 19.1 Å². The van der Waals surface area contributed by atoms with Gasteiger partial charge in [0.1, 0.15) is 5.75 Å². The number of nitrogens with two attached hydrogens (primary N) is 1. The van der Waals surface area contributed by atoms with Crippen LogP contribution in [0.5, 0.6) is 5.75 Å². The summed E-state index contributed by atoms with van der Waals surface area (Å²) in [6.45, 7) is 3.11. The van der Waals surface area contributed by atoms with Gasteiger partial charge in [-0.25, -0.2) is 4.39 Å². The molecule has 0 bridgehead atoms. The van der Waals surface area contributed by atoms with Crippen LogP contribution in [0.25, 0.3) is 0 Å². The largest absolute Gasteiger partial charge is 0.430 e. The average molecular weight is 247 g/mol. The first-order valence-electron chi connectivity index (χ1n) is 5.43. The molecule has 0 saturated carbocycles. The van der Waals surface area contributed by atoms with Crippen LogP contribution in [0, 0.1) is 0 Å². The van der Waals surface area contributed by atoms with E-state index in [1.165, 1.54) is 19.1 Å². The lowest BCUT2D eigenvalue weighted by Gasteiger charge is -2.20. The monoisotopic (exact) mass is 247 g/mol. The third-order valence-electron chi connectivity index (χ3n) is 2.38. The number of halogens is 3. The molecule has 0 radical (unpaired) electrons. The van der Waals surface area contributed by atoms with Crippen LogP contribution in [-0.2, 0) is 0 Å². The van der Waals surface area contributed by atoms with Crippen LogP contribution in [0.4, 0.5) is 13.2 Å². The molecule has 0 aromatic heterocycles. The van der Waals surface area contributed by atoms with E-state index in [0.29, 0.717) is 0 Å². The van der Waals surface area contributed by atoms with Gasteiger partial charge in [0.05, 0.1) is 0 Å². The zero-order valence-electron chi connectivity index (χ0n) is 9.79. The van der Waals surface area contributed by atoms with Gasteiger partial charge in [0, 0.05) is 6.04 Å². The molecule has 0 fully saturated rings. The van der Waals surface area contributed by atoms with E-state index < -0.39 is 12.3 Å². The van der Waals surface area contributed by atoms with Crippen molar-refractivity contribution in [1.82, 2.24) is 0 Å². The minimum absolute atomic E-state index is 0.0736. The highest BCUT2D eigenvalue weighted by Gasteiger charge is 2.41. The predicted molar refractivity (Wildman–Crippen MR) is 59.8 cm³/mol. The predicted octanol–water partition coefficient (Wildman–Crippen LogP) is 3.43. The van der Waals surface area contributed by atoms with Crippen LogP contribution in [0.1, 0.15) is 31.9 Å². The third-order valence-corrected chi connectivity index (χ3v) is 2.38. The van der Waals surface area contributed by atoms with Gasteiger partial charge in [-0.15, -0.1) is 0 Å². The Morgan fingerprint density at radius 2 is 1.82 bits per heavy atom.